The summed E-state index contributed by atoms with van der Waals surface area (Å²) in [6.45, 7) is 0. The minimum Gasteiger partial charge on any atom is -0.269 e. The van der Waals surface area contributed by atoms with Crippen LogP contribution in [0.25, 0.3) is 5.69 Å². The molecule has 0 amide bonds. The van der Waals surface area contributed by atoms with Crippen LogP contribution < -0.4 is 9.86 Å². The maximum atomic E-state index is 10.9. The molecule has 2 aromatic rings. The smallest absolute Gasteiger partial charge is 0.269 e. The maximum absolute atomic E-state index is 10.9. The van der Waals surface area contributed by atoms with Gasteiger partial charge in [-0.15, -0.1) is 0 Å². The Morgan fingerprint density at radius 2 is 2.06 bits per heavy atom. The van der Waals surface area contributed by atoms with Gasteiger partial charge in [0.2, 0.25) is 0 Å². The fraction of sp³-hybridized carbons (Fsp3) is 0. The van der Waals surface area contributed by atoms with Crippen LogP contribution in [-0.2, 0) is 10.2 Å². The van der Waals surface area contributed by atoms with Crippen molar-refractivity contribution in [2.24, 2.45) is 5.14 Å². The Morgan fingerprint density at radius 1 is 1.31 bits per heavy atom. The molecule has 0 saturated heterocycles. The highest BCUT2D eigenvalue weighted by Crippen LogP contribution is 2.18. The number of nitrogens with zero attached hydrogens (tertiary/aromatic N) is 3. The molecule has 84 valence electrons. The Hall–Kier alpha value is -1.93. The summed E-state index contributed by atoms with van der Waals surface area (Å²) in [4.78, 5) is 3.78. The van der Waals surface area contributed by atoms with Crippen molar-refractivity contribution in [2.75, 3.05) is 4.72 Å². The molecule has 1 aromatic heterocycles. The van der Waals surface area contributed by atoms with E-state index in [-0.39, 0.29) is 0 Å². The second kappa shape index (κ2) is 3.91. The lowest BCUT2D eigenvalue weighted by atomic mass is 10.3. The van der Waals surface area contributed by atoms with Crippen molar-refractivity contribution < 1.29 is 8.42 Å². The third kappa shape index (κ3) is 2.35. The van der Waals surface area contributed by atoms with E-state index in [1.807, 2.05) is 0 Å². The molecule has 3 N–H and O–H groups in total. The van der Waals surface area contributed by atoms with Crippen molar-refractivity contribution in [1.82, 2.24) is 14.8 Å². The van der Waals surface area contributed by atoms with Gasteiger partial charge >= 0.3 is 0 Å². The van der Waals surface area contributed by atoms with Gasteiger partial charge in [0.05, 0.1) is 11.4 Å². The summed E-state index contributed by atoms with van der Waals surface area (Å²) in [7, 11) is -3.80. The Kier molecular flexibility index (Phi) is 2.59. The third-order valence-electron chi connectivity index (χ3n) is 1.82. The van der Waals surface area contributed by atoms with Gasteiger partial charge in [0.25, 0.3) is 10.2 Å². The molecule has 0 radical (unpaired) electrons. The van der Waals surface area contributed by atoms with Gasteiger partial charge in [-0.25, -0.2) is 14.8 Å². The maximum Gasteiger partial charge on any atom is 0.296 e. The zero-order chi connectivity index (χ0) is 11.6. The summed E-state index contributed by atoms with van der Waals surface area (Å²) in [6, 6.07) is 6.73. The summed E-state index contributed by atoms with van der Waals surface area (Å²) < 4.78 is 25.5. The molecule has 0 aliphatic carbocycles. The largest absolute Gasteiger partial charge is 0.296 e. The highest BCUT2D eigenvalue weighted by atomic mass is 32.2. The predicted octanol–water partition coefficient (Wildman–Crippen LogP) is -0.117. The molecule has 2 rings (SSSR count). The molecule has 8 heteroatoms. The van der Waals surface area contributed by atoms with E-state index in [4.69, 9.17) is 5.14 Å². The standard InChI is InChI=1S/C8H9N5O2S/c9-16(14,15)12-7-3-1-2-4-8(7)13-6-10-5-11-13/h1-6,12H,(H2,9,14,15). The number of benzene rings is 1. The SMILES string of the molecule is NS(=O)(=O)Nc1ccccc1-n1cncn1. The predicted molar refractivity (Wildman–Crippen MR) is 58.1 cm³/mol. The molecular formula is C8H9N5O2S. The summed E-state index contributed by atoms with van der Waals surface area (Å²) in [5.74, 6) is 0. The van der Waals surface area contributed by atoms with Crippen LogP contribution >= 0.6 is 0 Å². The molecule has 0 bridgehead atoms. The van der Waals surface area contributed by atoms with Gasteiger partial charge in [-0.1, -0.05) is 12.1 Å². The Balaban J connectivity index is 2.47. The molecule has 0 atom stereocenters. The number of nitrogens with two attached hydrogens (primary N) is 1. The van der Waals surface area contributed by atoms with Crippen LogP contribution in [0.2, 0.25) is 0 Å². The lowest BCUT2D eigenvalue weighted by Crippen LogP contribution is -2.22. The van der Waals surface area contributed by atoms with E-state index in [1.54, 1.807) is 24.3 Å². The van der Waals surface area contributed by atoms with E-state index in [1.165, 1.54) is 17.3 Å². The van der Waals surface area contributed by atoms with Crippen LogP contribution in [0.1, 0.15) is 0 Å². The quantitative estimate of drug-likeness (QED) is 0.779. The van der Waals surface area contributed by atoms with Gasteiger partial charge in [0, 0.05) is 0 Å². The number of para-hydroxylation sites is 2. The summed E-state index contributed by atoms with van der Waals surface area (Å²) >= 11 is 0. The van der Waals surface area contributed by atoms with Crippen molar-refractivity contribution in [3.8, 4) is 5.69 Å². The molecule has 0 fully saturated rings. The second-order valence-electron chi connectivity index (χ2n) is 3.00. The fourth-order valence-corrected chi connectivity index (χ4v) is 1.72. The van der Waals surface area contributed by atoms with Crippen LogP contribution in [0.15, 0.2) is 36.9 Å². The van der Waals surface area contributed by atoms with Crippen LogP contribution in [0.3, 0.4) is 0 Å². The van der Waals surface area contributed by atoms with Gasteiger partial charge < -0.3 is 0 Å². The molecule has 1 aromatic carbocycles. The van der Waals surface area contributed by atoms with E-state index in [0.717, 1.165) is 0 Å². The van der Waals surface area contributed by atoms with Crippen LogP contribution in [0, 0.1) is 0 Å². The number of hydrogen-bond acceptors (Lipinski definition) is 4. The first-order valence-corrected chi connectivity index (χ1v) is 5.85. The van der Waals surface area contributed by atoms with Crippen molar-refractivity contribution in [3.63, 3.8) is 0 Å². The summed E-state index contributed by atoms with van der Waals surface area (Å²) in [5, 5.41) is 8.81. The summed E-state index contributed by atoms with van der Waals surface area (Å²) in [6.07, 6.45) is 2.82. The monoisotopic (exact) mass is 239 g/mol. The molecule has 1 heterocycles. The lowest BCUT2D eigenvalue weighted by Gasteiger charge is -2.09. The lowest BCUT2D eigenvalue weighted by molar-refractivity contribution is 0.603. The fourth-order valence-electron chi connectivity index (χ4n) is 1.25. The van der Waals surface area contributed by atoms with E-state index in [2.05, 4.69) is 14.8 Å². The first-order chi connectivity index (χ1) is 7.56. The van der Waals surface area contributed by atoms with E-state index in [0.29, 0.717) is 11.4 Å². The number of nitrogens with one attached hydrogen (secondary N) is 1. The Labute approximate surface area is 92.1 Å². The molecule has 0 aliphatic rings. The average Bonchev–Trinajstić information content (AvgIpc) is 2.69. The Bertz CT molecular complexity index is 578. The van der Waals surface area contributed by atoms with E-state index in [9.17, 15) is 8.42 Å². The zero-order valence-electron chi connectivity index (χ0n) is 8.11. The highest BCUT2D eigenvalue weighted by molar-refractivity contribution is 7.90. The van der Waals surface area contributed by atoms with Gasteiger partial charge in [-0.3, -0.25) is 4.72 Å². The first-order valence-electron chi connectivity index (χ1n) is 4.31. The number of rotatable bonds is 3. The number of anilines is 1. The highest BCUT2D eigenvalue weighted by Gasteiger charge is 2.08. The normalized spacial score (nSPS) is 11.3. The van der Waals surface area contributed by atoms with Gasteiger partial charge in [0.1, 0.15) is 12.7 Å². The molecule has 16 heavy (non-hydrogen) atoms. The molecule has 0 unspecified atom stereocenters. The van der Waals surface area contributed by atoms with Crippen molar-refractivity contribution in [1.29, 1.82) is 0 Å². The molecule has 7 nitrogen and oxygen atoms in total. The number of aromatic nitrogens is 3. The van der Waals surface area contributed by atoms with Gasteiger partial charge in [0.15, 0.2) is 0 Å². The van der Waals surface area contributed by atoms with Gasteiger partial charge in [-0.2, -0.15) is 13.5 Å². The van der Waals surface area contributed by atoms with E-state index < -0.39 is 10.2 Å². The number of hydrogen-bond donors (Lipinski definition) is 2. The molecule has 0 saturated carbocycles. The third-order valence-corrected chi connectivity index (χ3v) is 2.33. The molecule has 0 aliphatic heterocycles. The van der Waals surface area contributed by atoms with E-state index >= 15 is 0 Å². The van der Waals surface area contributed by atoms with Crippen molar-refractivity contribution in [3.05, 3.63) is 36.9 Å². The van der Waals surface area contributed by atoms with Crippen molar-refractivity contribution >= 4 is 15.9 Å². The van der Waals surface area contributed by atoms with Crippen LogP contribution in [0.4, 0.5) is 5.69 Å². The summed E-state index contributed by atoms with van der Waals surface area (Å²) in [5.41, 5.74) is 0.893. The Morgan fingerprint density at radius 3 is 2.69 bits per heavy atom. The minimum absolute atomic E-state index is 0.343. The topological polar surface area (TPSA) is 103 Å². The van der Waals surface area contributed by atoms with Crippen LogP contribution in [0.5, 0.6) is 0 Å². The second-order valence-corrected chi connectivity index (χ2v) is 4.30. The van der Waals surface area contributed by atoms with Gasteiger partial charge in [-0.05, 0) is 12.1 Å². The minimum atomic E-state index is -3.80. The molecule has 0 spiro atoms. The van der Waals surface area contributed by atoms with Crippen molar-refractivity contribution in [2.45, 2.75) is 0 Å². The first kappa shape index (κ1) is 10.6. The zero-order valence-corrected chi connectivity index (χ0v) is 8.92. The molecular weight excluding hydrogens is 230 g/mol. The average molecular weight is 239 g/mol. The van der Waals surface area contributed by atoms with Crippen LogP contribution in [-0.4, -0.2) is 23.2 Å².